The molecule has 1 aromatic rings. The summed E-state index contributed by atoms with van der Waals surface area (Å²) in [7, 11) is 1.33. The number of nitrogens with one attached hydrogen (secondary N) is 1. The highest BCUT2D eigenvalue weighted by Crippen LogP contribution is 2.17. The molecule has 1 saturated heterocycles. The Balaban J connectivity index is 1.95. The van der Waals surface area contributed by atoms with Gasteiger partial charge in [0.2, 0.25) is 6.42 Å². The van der Waals surface area contributed by atoms with Crippen molar-refractivity contribution in [3.05, 3.63) is 29.8 Å². The maximum absolute atomic E-state index is 13.8. The Bertz CT molecular complexity index is 402. The minimum atomic E-state index is -1.17. The zero-order chi connectivity index (χ0) is 13.0. The van der Waals surface area contributed by atoms with Gasteiger partial charge in [-0.15, -0.1) is 0 Å². The molecule has 98 valence electrons. The minimum absolute atomic E-state index is 0.391. The third-order valence-corrected chi connectivity index (χ3v) is 3.05. The Hall–Kier alpha value is -1.62. The van der Waals surface area contributed by atoms with Crippen LogP contribution in [0.1, 0.15) is 23.2 Å². The SMILES string of the molecule is COC(=O)c1ccc(NC(F)N2CCCC2)cc1. The number of methoxy groups -OCH3 is 1. The Morgan fingerprint density at radius 3 is 2.50 bits per heavy atom. The van der Waals surface area contributed by atoms with Gasteiger partial charge < -0.3 is 10.1 Å². The Kier molecular flexibility index (Phi) is 4.15. The number of nitrogens with zero attached hydrogens (tertiary/aromatic N) is 1. The predicted molar refractivity (Wildman–Crippen MR) is 67.1 cm³/mol. The van der Waals surface area contributed by atoms with Crippen molar-refractivity contribution in [3.63, 3.8) is 0 Å². The number of benzene rings is 1. The Morgan fingerprint density at radius 1 is 1.33 bits per heavy atom. The van der Waals surface area contributed by atoms with Crippen LogP contribution in [0.3, 0.4) is 0 Å². The molecule has 5 heteroatoms. The van der Waals surface area contributed by atoms with Gasteiger partial charge in [-0.25, -0.2) is 9.18 Å². The average Bonchev–Trinajstić information content (AvgIpc) is 2.92. The molecule has 0 aliphatic carbocycles. The van der Waals surface area contributed by atoms with Gasteiger partial charge in [-0.2, -0.15) is 0 Å². The third kappa shape index (κ3) is 2.98. The summed E-state index contributed by atoms with van der Waals surface area (Å²) in [5, 5.41) is 2.78. The van der Waals surface area contributed by atoms with E-state index in [1.807, 2.05) is 0 Å². The number of esters is 1. The molecule has 2 rings (SSSR count). The lowest BCUT2D eigenvalue weighted by Gasteiger charge is -2.21. The molecule has 1 N–H and O–H groups in total. The molecule has 4 nitrogen and oxygen atoms in total. The monoisotopic (exact) mass is 252 g/mol. The van der Waals surface area contributed by atoms with Crippen LogP contribution in [0.2, 0.25) is 0 Å². The second kappa shape index (κ2) is 5.82. The van der Waals surface area contributed by atoms with Crippen LogP contribution in [0.25, 0.3) is 0 Å². The van der Waals surface area contributed by atoms with Gasteiger partial charge in [-0.1, -0.05) is 0 Å². The summed E-state index contributed by atoms with van der Waals surface area (Å²) in [6.07, 6.45) is 0.920. The molecule has 0 spiro atoms. The molecule has 1 unspecified atom stereocenters. The molecular weight excluding hydrogens is 235 g/mol. The van der Waals surface area contributed by atoms with Crippen LogP contribution in [0.4, 0.5) is 10.1 Å². The van der Waals surface area contributed by atoms with Crippen molar-refractivity contribution in [3.8, 4) is 0 Å². The van der Waals surface area contributed by atoms with Crippen molar-refractivity contribution in [2.75, 3.05) is 25.5 Å². The number of halogens is 1. The summed E-state index contributed by atoms with van der Waals surface area (Å²) in [5.74, 6) is -0.391. The topological polar surface area (TPSA) is 41.6 Å². The molecular formula is C13H17FN2O2. The fraction of sp³-hybridized carbons (Fsp3) is 0.462. The minimum Gasteiger partial charge on any atom is -0.465 e. The van der Waals surface area contributed by atoms with Crippen molar-refractivity contribution in [2.24, 2.45) is 0 Å². The number of rotatable bonds is 4. The normalized spacial score (nSPS) is 17.4. The molecule has 0 saturated carbocycles. The smallest absolute Gasteiger partial charge is 0.337 e. The number of likely N-dealkylation sites (tertiary alicyclic amines) is 1. The van der Waals surface area contributed by atoms with Crippen molar-refractivity contribution in [1.29, 1.82) is 0 Å². The van der Waals surface area contributed by atoms with E-state index in [0.29, 0.717) is 11.3 Å². The lowest BCUT2D eigenvalue weighted by Crippen LogP contribution is -2.35. The van der Waals surface area contributed by atoms with E-state index in [2.05, 4.69) is 10.1 Å². The first-order valence-electron chi connectivity index (χ1n) is 6.04. The molecule has 1 fully saturated rings. The van der Waals surface area contributed by atoms with E-state index < -0.39 is 12.4 Å². The summed E-state index contributed by atoms with van der Waals surface area (Å²) in [6.45, 7) is 1.57. The molecule has 1 aliphatic heterocycles. The first kappa shape index (κ1) is 12.8. The van der Waals surface area contributed by atoms with Crippen molar-refractivity contribution >= 4 is 11.7 Å². The second-order valence-corrected chi connectivity index (χ2v) is 4.29. The number of ether oxygens (including phenoxy) is 1. The molecule has 0 amide bonds. The maximum atomic E-state index is 13.8. The standard InChI is InChI=1S/C13H17FN2O2/c1-18-12(17)10-4-6-11(7-5-10)15-13(14)16-8-2-3-9-16/h4-7,13,15H,2-3,8-9H2,1H3. The van der Waals surface area contributed by atoms with Gasteiger partial charge in [0.1, 0.15) is 0 Å². The van der Waals surface area contributed by atoms with Crippen LogP contribution in [0, 0.1) is 0 Å². The van der Waals surface area contributed by atoms with Crippen LogP contribution in [-0.2, 0) is 4.74 Å². The highest BCUT2D eigenvalue weighted by molar-refractivity contribution is 5.89. The fourth-order valence-corrected chi connectivity index (χ4v) is 2.02. The Morgan fingerprint density at radius 2 is 1.94 bits per heavy atom. The van der Waals surface area contributed by atoms with Gasteiger partial charge in [-0.05, 0) is 37.1 Å². The first-order chi connectivity index (χ1) is 8.70. The van der Waals surface area contributed by atoms with Crippen molar-refractivity contribution < 1.29 is 13.9 Å². The summed E-state index contributed by atoms with van der Waals surface area (Å²) >= 11 is 0. The largest absolute Gasteiger partial charge is 0.465 e. The zero-order valence-corrected chi connectivity index (χ0v) is 10.4. The second-order valence-electron chi connectivity index (χ2n) is 4.29. The molecule has 1 aliphatic rings. The van der Waals surface area contributed by atoms with Gasteiger partial charge in [-0.3, -0.25) is 4.90 Å². The van der Waals surface area contributed by atoms with Crippen molar-refractivity contribution in [1.82, 2.24) is 4.90 Å². The van der Waals surface area contributed by atoms with Crippen LogP contribution in [0.5, 0.6) is 0 Å². The van der Waals surface area contributed by atoms with Crippen LogP contribution in [0.15, 0.2) is 24.3 Å². The summed E-state index contributed by atoms with van der Waals surface area (Å²) in [5.41, 5.74) is 1.11. The van der Waals surface area contributed by atoms with Gasteiger partial charge in [0.15, 0.2) is 0 Å². The summed E-state index contributed by atoms with van der Waals surface area (Å²) < 4.78 is 18.4. The van der Waals surface area contributed by atoms with Gasteiger partial charge in [0, 0.05) is 18.8 Å². The molecule has 0 aromatic heterocycles. The van der Waals surface area contributed by atoms with Gasteiger partial charge in [0.25, 0.3) is 0 Å². The van der Waals surface area contributed by atoms with Gasteiger partial charge >= 0.3 is 5.97 Å². The molecule has 1 aromatic carbocycles. The third-order valence-electron chi connectivity index (χ3n) is 3.05. The van der Waals surface area contributed by atoms with E-state index in [1.165, 1.54) is 7.11 Å². The van der Waals surface area contributed by atoms with Crippen LogP contribution >= 0.6 is 0 Å². The van der Waals surface area contributed by atoms with Gasteiger partial charge in [0.05, 0.1) is 12.7 Å². The molecule has 1 atom stereocenters. The van der Waals surface area contributed by atoms with E-state index in [4.69, 9.17) is 0 Å². The number of carbonyl (C=O) groups excluding carboxylic acids is 1. The van der Waals surface area contributed by atoms with Crippen molar-refractivity contribution in [2.45, 2.75) is 19.3 Å². The highest BCUT2D eigenvalue weighted by Gasteiger charge is 2.20. The first-order valence-corrected chi connectivity index (χ1v) is 6.04. The Labute approximate surface area is 106 Å². The molecule has 18 heavy (non-hydrogen) atoms. The van der Waals surface area contributed by atoms with E-state index >= 15 is 0 Å². The maximum Gasteiger partial charge on any atom is 0.337 e. The summed E-state index contributed by atoms with van der Waals surface area (Å²) in [6, 6.07) is 6.58. The number of alkyl halides is 1. The lowest BCUT2D eigenvalue weighted by molar-refractivity contribution is 0.0601. The molecule has 0 radical (unpaired) electrons. The predicted octanol–water partition coefficient (Wildman–Crippen LogP) is 2.23. The van der Waals surface area contributed by atoms with E-state index in [1.54, 1.807) is 29.2 Å². The quantitative estimate of drug-likeness (QED) is 0.659. The number of anilines is 1. The number of hydrogen-bond acceptors (Lipinski definition) is 4. The van der Waals surface area contributed by atoms with E-state index in [9.17, 15) is 9.18 Å². The number of carbonyl (C=O) groups is 1. The number of hydrogen-bond donors (Lipinski definition) is 1. The van der Waals surface area contributed by atoms with Crippen LogP contribution in [-0.4, -0.2) is 37.5 Å². The molecule has 0 bridgehead atoms. The fourth-order valence-electron chi connectivity index (χ4n) is 2.02. The molecule has 1 heterocycles. The highest BCUT2D eigenvalue weighted by atomic mass is 19.1. The van der Waals surface area contributed by atoms with E-state index in [0.717, 1.165) is 25.9 Å². The van der Waals surface area contributed by atoms with Crippen LogP contribution < -0.4 is 5.32 Å². The summed E-state index contributed by atoms with van der Waals surface area (Å²) in [4.78, 5) is 13.0. The average molecular weight is 252 g/mol. The van der Waals surface area contributed by atoms with E-state index in [-0.39, 0.29) is 0 Å². The lowest BCUT2D eigenvalue weighted by atomic mass is 10.2. The zero-order valence-electron chi connectivity index (χ0n) is 10.4.